The lowest BCUT2D eigenvalue weighted by atomic mass is 10.2. The first-order valence-corrected chi connectivity index (χ1v) is 5.26. The van der Waals surface area contributed by atoms with Crippen molar-refractivity contribution in [2.75, 3.05) is 19.1 Å². The summed E-state index contributed by atoms with van der Waals surface area (Å²) in [5.41, 5.74) is 0. The summed E-state index contributed by atoms with van der Waals surface area (Å²) in [6.07, 6.45) is 5.62. The van der Waals surface area contributed by atoms with Gasteiger partial charge in [0.15, 0.2) is 6.29 Å². The van der Waals surface area contributed by atoms with Crippen molar-refractivity contribution in [2.24, 2.45) is 0 Å². The molecule has 0 aromatic rings. The van der Waals surface area contributed by atoms with E-state index >= 15 is 0 Å². The Morgan fingerprint density at radius 3 is 2.92 bits per heavy atom. The highest BCUT2D eigenvalue weighted by molar-refractivity contribution is 6.17. The summed E-state index contributed by atoms with van der Waals surface area (Å²) < 4.78 is 10.9. The number of hydrogen-bond donors (Lipinski definition) is 0. The van der Waals surface area contributed by atoms with E-state index in [4.69, 9.17) is 21.1 Å². The molecule has 0 amide bonds. The molecule has 0 aliphatic carbocycles. The quantitative estimate of drug-likeness (QED) is 0.493. The molecule has 0 saturated carbocycles. The molecule has 12 heavy (non-hydrogen) atoms. The fourth-order valence-corrected chi connectivity index (χ4v) is 1.44. The molecule has 1 saturated heterocycles. The molecule has 1 rings (SSSR count). The zero-order valence-electron chi connectivity index (χ0n) is 7.43. The SMILES string of the molecule is ClCCCCO[C@H]1CCCCO1. The van der Waals surface area contributed by atoms with Crippen LogP contribution in [0.5, 0.6) is 0 Å². The first-order valence-electron chi connectivity index (χ1n) is 4.72. The normalized spacial score (nSPS) is 24.2. The Labute approximate surface area is 79.2 Å². The number of ether oxygens (including phenoxy) is 2. The summed E-state index contributed by atoms with van der Waals surface area (Å²) in [4.78, 5) is 0. The van der Waals surface area contributed by atoms with Gasteiger partial charge in [-0.1, -0.05) is 0 Å². The van der Waals surface area contributed by atoms with Gasteiger partial charge in [0.25, 0.3) is 0 Å². The number of hydrogen-bond acceptors (Lipinski definition) is 2. The van der Waals surface area contributed by atoms with Crippen molar-refractivity contribution >= 4 is 11.6 Å². The van der Waals surface area contributed by atoms with Gasteiger partial charge in [0.2, 0.25) is 0 Å². The monoisotopic (exact) mass is 192 g/mol. The smallest absolute Gasteiger partial charge is 0.157 e. The second kappa shape index (κ2) is 6.70. The summed E-state index contributed by atoms with van der Waals surface area (Å²) in [5, 5.41) is 0. The highest BCUT2D eigenvalue weighted by Crippen LogP contribution is 2.13. The van der Waals surface area contributed by atoms with Crippen LogP contribution in [0.4, 0.5) is 0 Å². The lowest BCUT2D eigenvalue weighted by molar-refractivity contribution is -0.162. The van der Waals surface area contributed by atoms with E-state index in [1.54, 1.807) is 0 Å². The van der Waals surface area contributed by atoms with Crippen LogP contribution in [0.1, 0.15) is 32.1 Å². The van der Waals surface area contributed by atoms with E-state index in [0.29, 0.717) is 0 Å². The molecule has 2 nitrogen and oxygen atoms in total. The predicted molar refractivity (Wildman–Crippen MR) is 49.5 cm³/mol. The maximum atomic E-state index is 5.54. The highest BCUT2D eigenvalue weighted by atomic mass is 35.5. The molecule has 0 N–H and O–H groups in total. The predicted octanol–water partition coefficient (Wildman–Crippen LogP) is 2.55. The molecule has 0 unspecified atom stereocenters. The number of rotatable bonds is 5. The second-order valence-corrected chi connectivity index (χ2v) is 3.44. The van der Waals surface area contributed by atoms with Crippen LogP contribution in [0, 0.1) is 0 Å². The van der Waals surface area contributed by atoms with Gasteiger partial charge in [-0.2, -0.15) is 0 Å². The number of halogens is 1. The van der Waals surface area contributed by atoms with Gasteiger partial charge in [-0.05, 0) is 32.1 Å². The molecule has 0 aromatic heterocycles. The summed E-state index contributed by atoms with van der Waals surface area (Å²) in [5.74, 6) is 0.731. The first-order chi connectivity index (χ1) is 5.93. The van der Waals surface area contributed by atoms with Crippen molar-refractivity contribution < 1.29 is 9.47 Å². The summed E-state index contributed by atoms with van der Waals surface area (Å²) >= 11 is 5.54. The van der Waals surface area contributed by atoms with Crippen molar-refractivity contribution in [3.63, 3.8) is 0 Å². The summed E-state index contributed by atoms with van der Waals surface area (Å²) in [6, 6.07) is 0. The zero-order valence-corrected chi connectivity index (χ0v) is 8.18. The molecular formula is C9H17ClO2. The van der Waals surface area contributed by atoms with E-state index in [1.165, 1.54) is 12.8 Å². The average molecular weight is 193 g/mol. The van der Waals surface area contributed by atoms with Crippen molar-refractivity contribution in [1.82, 2.24) is 0 Å². The summed E-state index contributed by atoms with van der Waals surface area (Å²) in [6.45, 7) is 1.65. The van der Waals surface area contributed by atoms with Gasteiger partial charge < -0.3 is 9.47 Å². The van der Waals surface area contributed by atoms with Crippen LogP contribution in [0.25, 0.3) is 0 Å². The van der Waals surface area contributed by atoms with Crippen LogP contribution < -0.4 is 0 Å². The first kappa shape index (κ1) is 10.3. The molecule has 0 radical (unpaired) electrons. The molecule has 1 fully saturated rings. The van der Waals surface area contributed by atoms with Gasteiger partial charge in [0.05, 0.1) is 0 Å². The Morgan fingerprint density at radius 1 is 1.33 bits per heavy atom. The molecule has 1 aliphatic heterocycles. The maximum Gasteiger partial charge on any atom is 0.157 e. The van der Waals surface area contributed by atoms with Crippen LogP contribution in [-0.4, -0.2) is 25.4 Å². The Morgan fingerprint density at radius 2 is 2.25 bits per heavy atom. The molecule has 1 heterocycles. The van der Waals surface area contributed by atoms with Crippen molar-refractivity contribution in [1.29, 1.82) is 0 Å². The number of unbranched alkanes of at least 4 members (excludes halogenated alkanes) is 1. The van der Waals surface area contributed by atoms with Gasteiger partial charge in [-0.15, -0.1) is 11.6 Å². The van der Waals surface area contributed by atoms with E-state index in [2.05, 4.69) is 0 Å². The molecule has 72 valence electrons. The summed E-state index contributed by atoms with van der Waals surface area (Å²) in [7, 11) is 0. The topological polar surface area (TPSA) is 18.5 Å². The van der Waals surface area contributed by atoms with E-state index in [1.807, 2.05) is 0 Å². The highest BCUT2D eigenvalue weighted by Gasteiger charge is 2.12. The van der Waals surface area contributed by atoms with Gasteiger partial charge in [0.1, 0.15) is 0 Å². The maximum absolute atomic E-state index is 5.54. The van der Waals surface area contributed by atoms with Crippen LogP contribution >= 0.6 is 11.6 Å². The Kier molecular flexibility index (Phi) is 5.74. The molecule has 1 aliphatic rings. The average Bonchev–Trinajstić information content (AvgIpc) is 2.14. The fourth-order valence-electron chi connectivity index (χ4n) is 1.25. The third kappa shape index (κ3) is 4.29. The Hall–Kier alpha value is 0.210. The molecule has 0 spiro atoms. The number of alkyl halides is 1. The lowest BCUT2D eigenvalue weighted by Gasteiger charge is -2.22. The molecule has 1 atom stereocenters. The fraction of sp³-hybridized carbons (Fsp3) is 1.00. The van der Waals surface area contributed by atoms with E-state index in [-0.39, 0.29) is 6.29 Å². The van der Waals surface area contributed by atoms with Gasteiger partial charge in [-0.25, -0.2) is 0 Å². The zero-order chi connectivity index (χ0) is 8.65. The Balaban J connectivity index is 1.91. The minimum atomic E-state index is 0.0640. The minimum absolute atomic E-state index is 0.0640. The van der Waals surface area contributed by atoms with Crippen LogP contribution in [0.15, 0.2) is 0 Å². The van der Waals surface area contributed by atoms with Gasteiger partial charge in [0, 0.05) is 19.1 Å². The lowest BCUT2D eigenvalue weighted by Crippen LogP contribution is -2.22. The van der Waals surface area contributed by atoms with Crippen LogP contribution in [0.3, 0.4) is 0 Å². The van der Waals surface area contributed by atoms with Crippen molar-refractivity contribution in [3.05, 3.63) is 0 Å². The molecular weight excluding hydrogens is 176 g/mol. The largest absolute Gasteiger partial charge is 0.353 e. The van der Waals surface area contributed by atoms with Gasteiger partial charge in [-0.3, -0.25) is 0 Å². The van der Waals surface area contributed by atoms with Crippen molar-refractivity contribution in [2.45, 2.75) is 38.4 Å². The minimum Gasteiger partial charge on any atom is -0.353 e. The molecule has 0 bridgehead atoms. The second-order valence-electron chi connectivity index (χ2n) is 3.06. The van der Waals surface area contributed by atoms with Gasteiger partial charge >= 0.3 is 0 Å². The van der Waals surface area contributed by atoms with E-state index in [9.17, 15) is 0 Å². The molecule has 3 heteroatoms. The van der Waals surface area contributed by atoms with E-state index < -0.39 is 0 Å². The van der Waals surface area contributed by atoms with Crippen LogP contribution in [0.2, 0.25) is 0 Å². The van der Waals surface area contributed by atoms with Crippen molar-refractivity contribution in [3.8, 4) is 0 Å². The molecule has 0 aromatic carbocycles. The van der Waals surface area contributed by atoms with Crippen LogP contribution in [-0.2, 0) is 9.47 Å². The third-order valence-electron chi connectivity index (χ3n) is 1.97. The third-order valence-corrected chi connectivity index (χ3v) is 2.24. The standard InChI is InChI=1S/C9H17ClO2/c10-6-2-4-8-12-9-5-1-3-7-11-9/h9H,1-8H2/t9-/m0/s1. The Bertz CT molecular complexity index is 103. The van der Waals surface area contributed by atoms with E-state index in [0.717, 1.165) is 38.4 Å².